The standard InChI is InChI=1S/C46H92NO8P/c1-6-8-10-12-13-14-15-16-17-18-19-20-21-22-23-24-25-26-27-28-29-30-31-32-33-35-37-39-46(49)55-44(42-52-45(48)38-36-34-11-9-7-2)43-54-56(50,51)53-41-40-47(3,4)5/h44H,6-43H2,1-5H3/p+1. The quantitative estimate of drug-likeness (QED) is 0.0280. The molecule has 9 nitrogen and oxygen atoms in total. The van der Waals surface area contributed by atoms with Gasteiger partial charge in [-0.05, 0) is 12.8 Å². The number of unbranched alkanes of at least 4 members (excludes halogenated alkanes) is 30. The summed E-state index contributed by atoms with van der Waals surface area (Å²) in [4.78, 5) is 35.0. The summed E-state index contributed by atoms with van der Waals surface area (Å²) in [5.41, 5.74) is 0. The number of quaternary nitrogens is 1. The molecule has 2 atom stereocenters. The second kappa shape index (κ2) is 39.5. The molecule has 0 aromatic carbocycles. The largest absolute Gasteiger partial charge is 0.472 e. The Labute approximate surface area is 346 Å². The predicted molar refractivity (Wildman–Crippen MR) is 234 cm³/mol. The van der Waals surface area contributed by atoms with Crippen LogP contribution in [0.4, 0.5) is 0 Å². The third-order valence-corrected chi connectivity index (χ3v) is 11.6. The van der Waals surface area contributed by atoms with Gasteiger partial charge < -0.3 is 18.9 Å². The smallest absolute Gasteiger partial charge is 0.462 e. The van der Waals surface area contributed by atoms with Gasteiger partial charge in [0, 0.05) is 12.8 Å². The van der Waals surface area contributed by atoms with Gasteiger partial charge >= 0.3 is 19.8 Å². The maximum absolute atomic E-state index is 12.6. The van der Waals surface area contributed by atoms with Crippen molar-refractivity contribution in [2.75, 3.05) is 47.5 Å². The first-order chi connectivity index (χ1) is 27.0. The molecule has 0 saturated heterocycles. The van der Waals surface area contributed by atoms with Gasteiger partial charge in [0.15, 0.2) is 6.10 Å². The zero-order valence-corrected chi connectivity index (χ0v) is 38.5. The fraction of sp³-hybridized carbons (Fsp3) is 0.957. The van der Waals surface area contributed by atoms with Crippen LogP contribution < -0.4 is 0 Å². The van der Waals surface area contributed by atoms with E-state index in [9.17, 15) is 19.0 Å². The summed E-state index contributed by atoms with van der Waals surface area (Å²) in [6.07, 6.45) is 40.8. The Morgan fingerprint density at radius 2 is 0.804 bits per heavy atom. The summed E-state index contributed by atoms with van der Waals surface area (Å²) in [5.74, 6) is -0.799. The molecule has 0 amide bonds. The van der Waals surface area contributed by atoms with Crippen LogP contribution in [-0.2, 0) is 32.7 Å². The highest BCUT2D eigenvalue weighted by molar-refractivity contribution is 7.47. The number of carbonyl (C=O) groups is 2. The fourth-order valence-corrected chi connectivity index (χ4v) is 7.64. The second-order valence-electron chi connectivity index (χ2n) is 17.5. The molecular weight excluding hydrogens is 725 g/mol. The number of ether oxygens (including phenoxy) is 2. The van der Waals surface area contributed by atoms with Crippen molar-refractivity contribution in [1.82, 2.24) is 0 Å². The van der Waals surface area contributed by atoms with Crippen LogP contribution in [0.25, 0.3) is 0 Å². The van der Waals surface area contributed by atoms with E-state index in [-0.39, 0.29) is 32.0 Å². The van der Waals surface area contributed by atoms with Crippen LogP contribution in [0, 0.1) is 0 Å². The lowest BCUT2D eigenvalue weighted by molar-refractivity contribution is -0.870. The van der Waals surface area contributed by atoms with E-state index in [1.54, 1.807) is 0 Å². The van der Waals surface area contributed by atoms with Gasteiger partial charge in [0.1, 0.15) is 19.8 Å². The molecule has 56 heavy (non-hydrogen) atoms. The highest BCUT2D eigenvalue weighted by Crippen LogP contribution is 2.43. The lowest BCUT2D eigenvalue weighted by atomic mass is 10.0. The maximum Gasteiger partial charge on any atom is 0.472 e. The topological polar surface area (TPSA) is 108 Å². The van der Waals surface area contributed by atoms with Crippen LogP contribution >= 0.6 is 7.82 Å². The molecule has 0 aromatic heterocycles. The summed E-state index contributed by atoms with van der Waals surface area (Å²) in [6.45, 7) is 4.36. The lowest BCUT2D eigenvalue weighted by Gasteiger charge is -2.24. The third kappa shape index (κ3) is 42.6. The average Bonchev–Trinajstić information content (AvgIpc) is 3.15. The van der Waals surface area contributed by atoms with Gasteiger partial charge in [0.2, 0.25) is 0 Å². The Morgan fingerprint density at radius 3 is 1.14 bits per heavy atom. The minimum absolute atomic E-state index is 0.0361. The highest BCUT2D eigenvalue weighted by Gasteiger charge is 2.27. The van der Waals surface area contributed by atoms with Gasteiger partial charge in [-0.15, -0.1) is 0 Å². The van der Waals surface area contributed by atoms with Crippen LogP contribution in [0.15, 0.2) is 0 Å². The van der Waals surface area contributed by atoms with Crippen molar-refractivity contribution in [3.8, 4) is 0 Å². The van der Waals surface area contributed by atoms with E-state index in [1.807, 2.05) is 21.1 Å². The summed E-state index contributed by atoms with van der Waals surface area (Å²) < 4.78 is 34.1. The van der Waals surface area contributed by atoms with E-state index < -0.39 is 26.5 Å². The second-order valence-corrected chi connectivity index (χ2v) is 19.0. The van der Waals surface area contributed by atoms with Crippen LogP contribution in [-0.4, -0.2) is 74.9 Å². The number of esters is 2. The normalized spacial score (nSPS) is 13.5. The van der Waals surface area contributed by atoms with E-state index in [2.05, 4.69) is 13.8 Å². The Bertz CT molecular complexity index is 927. The van der Waals surface area contributed by atoms with Crippen molar-refractivity contribution >= 4 is 19.8 Å². The van der Waals surface area contributed by atoms with E-state index in [1.165, 1.54) is 154 Å². The number of likely N-dealkylation sites (N-methyl/N-ethyl adjacent to an activating group) is 1. The SMILES string of the molecule is CCCCCCCCCCCCCCCCCCCCCCCCCCCCCC(=O)OC(COC(=O)CCCCCCC)COP(=O)(O)OCC[N+](C)(C)C. The zero-order valence-electron chi connectivity index (χ0n) is 37.6. The molecule has 0 fully saturated rings. The van der Waals surface area contributed by atoms with Gasteiger partial charge in [0.05, 0.1) is 27.7 Å². The molecular formula is C46H93NO8P+. The number of carbonyl (C=O) groups excluding carboxylic acids is 2. The van der Waals surface area contributed by atoms with Gasteiger partial charge in [-0.1, -0.05) is 206 Å². The molecule has 10 heteroatoms. The molecule has 0 radical (unpaired) electrons. The molecule has 0 aliphatic carbocycles. The monoisotopic (exact) mass is 819 g/mol. The summed E-state index contributed by atoms with van der Waals surface area (Å²) in [6, 6.07) is 0. The van der Waals surface area contributed by atoms with Crippen LogP contribution in [0.3, 0.4) is 0 Å². The van der Waals surface area contributed by atoms with Crippen molar-refractivity contribution < 1.29 is 42.1 Å². The number of hydrogen-bond acceptors (Lipinski definition) is 7. The first-order valence-electron chi connectivity index (χ1n) is 23.8. The Kier molecular flexibility index (Phi) is 38.8. The molecule has 0 aliphatic heterocycles. The minimum Gasteiger partial charge on any atom is -0.462 e. The molecule has 1 N–H and O–H groups in total. The molecule has 0 aliphatic rings. The van der Waals surface area contributed by atoms with Gasteiger partial charge in [0.25, 0.3) is 0 Å². The average molecular weight is 819 g/mol. The van der Waals surface area contributed by atoms with E-state index >= 15 is 0 Å². The van der Waals surface area contributed by atoms with Crippen molar-refractivity contribution in [2.24, 2.45) is 0 Å². The van der Waals surface area contributed by atoms with Crippen LogP contribution in [0.2, 0.25) is 0 Å². The predicted octanol–water partition coefficient (Wildman–Crippen LogP) is 13.6. The van der Waals surface area contributed by atoms with E-state index in [4.69, 9.17) is 18.5 Å². The molecule has 0 bridgehead atoms. The summed E-state index contributed by atoms with van der Waals surface area (Å²) in [7, 11) is 1.49. The first kappa shape index (κ1) is 55.0. The minimum atomic E-state index is -4.36. The van der Waals surface area contributed by atoms with Crippen molar-refractivity contribution in [1.29, 1.82) is 0 Å². The highest BCUT2D eigenvalue weighted by atomic mass is 31.2. The van der Waals surface area contributed by atoms with Crippen molar-refractivity contribution in [3.63, 3.8) is 0 Å². The molecule has 0 spiro atoms. The summed E-state index contributed by atoms with van der Waals surface area (Å²) >= 11 is 0. The van der Waals surface area contributed by atoms with Gasteiger partial charge in [-0.2, -0.15) is 0 Å². The lowest BCUT2D eigenvalue weighted by Crippen LogP contribution is -2.37. The number of nitrogens with zero attached hydrogens (tertiary/aromatic N) is 1. The Hall–Kier alpha value is -0.990. The van der Waals surface area contributed by atoms with E-state index in [0.717, 1.165) is 51.4 Å². The number of hydrogen-bond donors (Lipinski definition) is 1. The number of phosphoric acid groups is 1. The first-order valence-corrected chi connectivity index (χ1v) is 25.3. The van der Waals surface area contributed by atoms with E-state index in [0.29, 0.717) is 11.0 Å². The van der Waals surface area contributed by atoms with Gasteiger partial charge in [-0.25, -0.2) is 4.57 Å². The van der Waals surface area contributed by atoms with Crippen molar-refractivity contribution in [3.05, 3.63) is 0 Å². The number of phosphoric ester groups is 1. The maximum atomic E-state index is 12.6. The molecule has 0 heterocycles. The van der Waals surface area contributed by atoms with Crippen LogP contribution in [0.1, 0.15) is 232 Å². The van der Waals surface area contributed by atoms with Gasteiger partial charge in [-0.3, -0.25) is 18.6 Å². The molecule has 0 rings (SSSR count). The molecule has 0 aromatic rings. The van der Waals surface area contributed by atoms with Crippen molar-refractivity contribution in [2.45, 2.75) is 238 Å². The summed E-state index contributed by atoms with van der Waals surface area (Å²) in [5, 5.41) is 0. The fourth-order valence-electron chi connectivity index (χ4n) is 6.90. The molecule has 0 saturated carbocycles. The zero-order chi connectivity index (χ0) is 41.4. The third-order valence-electron chi connectivity index (χ3n) is 10.6. The number of rotatable bonds is 44. The Balaban J connectivity index is 3.91. The van der Waals surface area contributed by atoms with Crippen LogP contribution in [0.5, 0.6) is 0 Å². The molecule has 2 unspecified atom stereocenters. The molecule has 334 valence electrons. The Morgan fingerprint density at radius 1 is 0.482 bits per heavy atom.